The summed E-state index contributed by atoms with van der Waals surface area (Å²) < 4.78 is 5.44. The maximum Gasteiger partial charge on any atom is 0.270 e. The minimum absolute atomic E-state index is 0.106. The van der Waals surface area contributed by atoms with Crippen LogP contribution in [0.4, 0.5) is 10.9 Å². The highest BCUT2D eigenvalue weighted by atomic mass is 35.5. The summed E-state index contributed by atoms with van der Waals surface area (Å²) in [4.78, 5) is 30.9. The standard InChI is InChI=1S/C27H15ClN6O2S/c1-30-23-12-8-18(24(33-23)19-13-15(14-29)3-11-22(19)36-2)25(35)34-27-32-21-10-9-20(31-26(21)37-27)16-4-6-17(28)7-5-16/h3-13H,2H3,(H,32,34,35). The van der Waals surface area contributed by atoms with Crippen LogP contribution in [-0.4, -0.2) is 28.0 Å². The number of benzene rings is 2. The number of pyridine rings is 2. The number of methoxy groups -OCH3 is 1. The van der Waals surface area contributed by atoms with Gasteiger partial charge in [0.2, 0.25) is 0 Å². The molecule has 5 rings (SSSR count). The van der Waals surface area contributed by atoms with Gasteiger partial charge >= 0.3 is 0 Å². The van der Waals surface area contributed by atoms with E-state index in [1.807, 2.05) is 24.3 Å². The third-order valence-electron chi connectivity index (χ3n) is 5.44. The number of carbonyl (C=O) groups is 1. The Morgan fingerprint density at radius 2 is 1.89 bits per heavy atom. The van der Waals surface area contributed by atoms with Crippen LogP contribution < -0.4 is 10.1 Å². The summed E-state index contributed by atoms with van der Waals surface area (Å²) in [5.74, 6) is 0.0527. The number of carbonyl (C=O) groups excluding carboxylic acids is 1. The number of fused-ring (bicyclic) bond motifs is 1. The van der Waals surface area contributed by atoms with E-state index in [0.29, 0.717) is 37.4 Å². The summed E-state index contributed by atoms with van der Waals surface area (Å²) in [7, 11) is 1.48. The largest absolute Gasteiger partial charge is 0.496 e. The first-order chi connectivity index (χ1) is 18.0. The molecule has 10 heteroatoms. The molecule has 0 aliphatic carbocycles. The van der Waals surface area contributed by atoms with Gasteiger partial charge in [-0.05, 0) is 48.5 Å². The van der Waals surface area contributed by atoms with Gasteiger partial charge < -0.3 is 9.58 Å². The molecule has 0 saturated carbocycles. The van der Waals surface area contributed by atoms with Crippen LogP contribution in [0.5, 0.6) is 5.75 Å². The number of nitrogens with one attached hydrogen (secondary N) is 1. The fourth-order valence-corrected chi connectivity index (χ4v) is 4.64. The van der Waals surface area contributed by atoms with E-state index in [-0.39, 0.29) is 17.1 Å². The Labute approximate surface area is 220 Å². The van der Waals surface area contributed by atoms with Crippen LogP contribution in [0, 0.1) is 17.9 Å². The van der Waals surface area contributed by atoms with Crippen LogP contribution in [0.3, 0.4) is 0 Å². The minimum atomic E-state index is -0.472. The molecule has 0 unspecified atom stereocenters. The molecular formula is C27H15ClN6O2S. The van der Waals surface area contributed by atoms with Gasteiger partial charge in [0.1, 0.15) is 16.1 Å². The fraction of sp³-hybridized carbons (Fsp3) is 0.0370. The molecule has 2 aromatic carbocycles. The number of hydrogen-bond acceptors (Lipinski definition) is 7. The molecule has 178 valence electrons. The number of amides is 1. The highest BCUT2D eigenvalue weighted by molar-refractivity contribution is 7.22. The number of anilines is 1. The number of nitriles is 1. The number of aromatic nitrogens is 3. The summed E-state index contributed by atoms with van der Waals surface area (Å²) >= 11 is 7.23. The summed E-state index contributed by atoms with van der Waals surface area (Å²) in [6.07, 6.45) is 0. The summed E-state index contributed by atoms with van der Waals surface area (Å²) in [6.45, 7) is 7.35. The van der Waals surface area contributed by atoms with Gasteiger partial charge in [0.25, 0.3) is 11.7 Å². The zero-order valence-corrected chi connectivity index (χ0v) is 20.8. The lowest BCUT2D eigenvalue weighted by Crippen LogP contribution is -2.14. The normalized spacial score (nSPS) is 10.5. The van der Waals surface area contributed by atoms with Crippen molar-refractivity contribution in [3.05, 3.63) is 94.3 Å². The highest BCUT2D eigenvalue weighted by Gasteiger charge is 2.23. The van der Waals surface area contributed by atoms with Crippen LogP contribution in [-0.2, 0) is 0 Å². The van der Waals surface area contributed by atoms with E-state index in [2.05, 4.69) is 31.2 Å². The number of rotatable bonds is 5. The van der Waals surface area contributed by atoms with Crippen LogP contribution in [0.25, 0.3) is 37.7 Å². The fourth-order valence-electron chi connectivity index (χ4n) is 3.68. The SMILES string of the molecule is [C-]#[N+]c1ccc(C(=O)Nc2nc3ccc(-c4ccc(Cl)cc4)nc3s2)c(-c2cc(C#N)ccc2OC)n1. The van der Waals surface area contributed by atoms with Crippen molar-refractivity contribution >= 4 is 50.1 Å². The van der Waals surface area contributed by atoms with Gasteiger partial charge in [-0.3, -0.25) is 10.1 Å². The molecule has 0 atom stereocenters. The minimum Gasteiger partial charge on any atom is -0.496 e. The maximum atomic E-state index is 13.4. The van der Waals surface area contributed by atoms with Crippen LogP contribution >= 0.6 is 22.9 Å². The third kappa shape index (κ3) is 4.82. The molecule has 0 fully saturated rings. The van der Waals surface area contributed by atoms with Gasteiger partial charge in [-0.2, -0.15) is 5.26 Å². The van der Waals surface area contributed by atoms with E-state index in [1.54, 1.807) is 30.3 Å². The van der Waals surface area contributed by atoms with Crippen molar-refractivity contribution < 1.29 is 9.53 Å². The van der Waals surface area contributed by atoms with Crippen molar-refractivity contribution in [1.29, 1.82) is 5.26 Å². The Hall–Kier alpha value is -4.83. The zero-order chi connectivity index (χ0) is 25.9. The second kappa shape index (κ2) is 10.0. The Balaban J connectivity index is 1.51. The van der Waals surface area contributed by atoms with Crippen molar-refractivity contribution in [3.8, 4) is 34.3 Å². The second-order valence-electron chi connectivity index (χ2n) is 7.71. The molecule has 8 nitrogen and oxygen atoms in total. The number of thiazole rings is 1. The van der Waals surface area contributed by atoms with E-state index in [4.69, 9.17) is 22.9 Å². The third-order valence-corrected chi connectivity index (χ3v) is 6.57. The quantitative estimate of drug-likeness (QED) is 0.256. The van der Waals surface area contributed by atoms with Gasteiger partial charge in [-0.1, -0.05) is 47.7 Å². The van der Waals surface area contributed by atoms with Gasteiger partial charge in [0.05, 0.1) is 35.6 Å². The zero-order valence-electron chi connectivity index (χ0n) is 19.2. The molecule has 1 N–H and O–H groups in total. The summed E-state index contributed by atoms with van der Waals surface area (Å²) in [5.41, 5.74) is 3.54. The number of halogens is 1. The van der Waals surface area contributed by atoms with Crippen LogP contribution in [0.15, 0.2) is 66.7 Å². The Morgan fingerprint density at radius 1 is 1.08 bits per heavy atom. The first-order valence-electron chi connectivity index (χ1n) is 10.8. The lowest BCUT2D eigenvalue weighted by atomic mass is 10.0. The van der Waals surface area contributed by atoms with Crippen LogP contribution in [0.2, 0.25) is 5.02 Å². The van der Waals surface area contributed by atoms with Gasteiger partial charge in [-0.25, -0.2) is 9.97 Å². The molecule has 0 aliphatic rings. The van der Waals surface area contributed by atoms with E-state index in [9.17, 15) is 10.1 Å². The van der Waals surface area contributed by atoms with Crippen molar-refractivity contribution in [2.45, 2.75) is 0 Å². The number of nitrogens with zero attached hydrogens (tertiary/aromatic N) is 5. The van der Waals surface area contributed by atoms with Gasteiger partial charge in [-0.15, -0.1) is 4.98 Å². The van der Waals surface area contributed by atoms with E-state index >= 15 is 0 Å². The molecular weight excluding hydrogens is 508 g/mol. The van der Waals surface area contributed by atoms with Crippen molar-refractivity contribution in [1.82, 2.24) is 15.0 Å². The predicted octanol–water partition coefficient (Wildman–Crippen LogP) is 6.76. The number of ether oxygens (including phenoxy) is 1. The molecule has 3 heterocycles. The Morgan fingerprint density at radius 3 is 2.62 bits per heavy atom. The molecule has 3 aromatic heterocycles. The van der Waals surface area contributed by atoms with Crippen molar-refractivity contribution in [2.24, 2.45) is 0 Å². The van der Waals surface area contributed by atoms with E-state index < -0.39 is 5.91 Å². The Bertz CT molecular complexity index is 1750. The molecule has 0 spiro atoms. The smallest absolute Gasteiger partial charge is 0.270 e. The molecule has 1 amide bonds. The van der Waals surface area contributed by atoms with E-state index in [0.717, 1.165) is 11.3 Å². The summed E-state index contributed by atoms with van der Waals surface area (Å²) in [5, 5.41) is 13.2. The lowest BCUT2D eigenvalue weighted by Gasteiger charge is -2.10. The topological polar surface area (TPSA) is 105 Å². The highest BCUT2D eigenvalue weighted by Crippen LogP contribution is 2.34. The number of hydrogen-bond donors (Lipinski definition) is 1. The maximum absolute atomic E-state index is 13.4. The van der Waals surface area contributed by atoms with Crippen LogP contribution in [0.1, 0.15) is 15.9 Å². The summed E-state index contributed by atoms with van der Waals surface area (Å²) in [6, 6.07) is 20.9. The van der Waals surface area contributed by atoms with E-state index in [1.165, 1.54) is 30.6 Å². The monoisotopic (exact) mass is 522 g/mol. The molecule has 0 saturated heterocycles. The first-order valence-corrected chi connectivity index (χ1v) is 12.0. The second-order valence-corrected chi connectivity index (χ2v) is 9.12. The molecule has 5 aromatic rings. The molecule has 0 aliphatic heterocycles. The van der Waals surface area contributed by atoms with Gasteiger partial charge in [0.15, 0.2) is 10.8 Å². The van der Waals surface area contributed by atoms with Crippen molar-refractivity contribution in [3.63, 3.8) is 0 Å². The first kappa shape index (κ1) is 23.9. The molecule has 0 bridgehead atoms. The van der Waals surface area contributed by atoms with Crippen molar-refractivity contribution in [2.75, 3.05) is 12.4 Å². The average Bonchev–Trinajstić information content (AvgIpc) is 3.34. The van der Waals surface area contributed by atoms with Gasteiger partial charge in [0, 0.05) is 10.6 Å². The average molecular weight is 523 g/mol. The lowest BCUT2D eigenvalue weighted by molar-refractivity contribution is 0.102. The molecule has 37 heavy (non-hydrogen) atoms. The predicted molar refractivity (Wildman–Crippen MR) is 143 cm³/mol. The Kier molecular flexibility index (Phi) is 6.48. The molecule has 0 radical (unpaired) electrons.